The minimum atomic E-state index is -0.856. The first-order valence-corrected chi connectivity index (χ1v) is 30.0. The molecule has 0 aromatic rings. The molecule has 2 atom stereocenters. The first-order chi connectivity index (χ1) is 32.5. The van der Waals surface area contributed by atoms with Crippen molar-refractivity contribution < 1.29 is 24.5 Å². The van der Waals surface area contributed by atoms with Gasteiger partial charge in [-0.1, -0.05) is 302 Å². The smallest absolute Gasteiger partial charge is 0.305 e. The summed E-state index contributed by atoms with van der Waals surface area (Å²) >= 11 is 0. The van der Waals surface area contributed by atoms with Crippen LogP contribution in [0.4, 0.5) is 0 Å². The number of ether oxygens (including phenoxy) is 1. The van der Waals surface area contributed by atoms with Crippen molar-refractivity contribution in [3.05, 3.63) is 12.2 Å². The van der Waals surface area contributed by atoms with Gasteiger partial charge in [-0.25, -0.2) is 0 Å². The zero-order valence-corrected chi connectivity index (χ0v) is 44.7. The van der Waals surface area contributed by atoms with Crippen LogP contribution in [0.2, 0.25) is 0 Å². The highest BCUT2D eigenvalue weighted by Gasteiger charge is 2.18. The lowest BCUT2D eigenvalue weighted by Crippen LogP contribution is -2.45. The van der Waals surface area contributed by atoms with E-state index in [9.17, 15) is 19.8 Å². The molecule has 0 spiro atoms. The molecule has 3 N–H and O–H groups in total. The number of aliphatic hydroxyl groups is 2. The highest BCUT2D eigenvalue weighted by atomic mass is 16.5. The van der Waals surface area contributed by atoms with Crippen LogP contribution >= 0.6 is 0 Å². The number of rotatable bonds is 56. The Kier molecular flexibility index (Phi) is 55.0. The third kappa shape index (κ3) is 52.0. The summed E-state index contributed by atoms with van der Waals surface area (Å²) in [5.74, 6) is -0.0932. The largest absolute Gasteiger partial charge is 0.466 e. The maximum Gasteiger partial charge on any atom is 0.305 e. The second-order valence-corrected chi connectivity index (χ2v) is 20.7. The van der Waals surface area contributed by atoms with Crippen LogP contribution in [0.25, 0.3) is 0 Å². The van der Waals surface area contributed by atoms with Gasteiger partial charge in [-0.05, 0) is 32.1 Å². The Hall–Kier alpha value is -1.40. The van der Waals surface area contributed by atoms with Crippen molar-refractivity contribution in [2.75, 3.05) is 13.2 Å². The van der Waals surface area contributed by atoms with Crippen LogP contribution in [-0.4, -0.2) is 47.4 Å². The number of aliphatic hydroxyl groups excluding tert-OH is 2. The zero-order valence-electron chi connectivity index (χ0n) is 44.7. The Morgan fingerprint density at radius 1 is 0.409 bits per heavy atom. The van der Waals surface area contributed by atoms with E-state index < -0.39 is 12.1 Å². The lowest BCUT2D eigenvalue weighted by atomic mass is 10.0. The van der Waals surface area contributed by atoms with E-state index in [1.54, 1.807) is 6.08 Å². The molecule has 0 saturated carbocycles. The van der Waals surface area contributed by atoms with Gasteiger partial charge in [0.1, 0.15) is 0 Å². The highest BCUT2D eigenvalue weighted by molar-refractivity contribution is 5.76. The van der Waals surface area contributed by atoms with Gasteiger partial charge in [0.25, 0.3) is 0 Å². The van der Waals surface area contributed by atoms with Gasteiger partial charge in [0.15, 0.2) is 0 Å². The molecule has 392 valence electrons. The summed E-state index contributed by atoms with van der Waals surface area (Å²) in [6.07, 6.45) is 66.6. The second kappa shape index (κ2) is 56.2. The van der Waals surface area contributed by atoms with E-state index in [2.05, 4.69) is 19.2 Å². The van der Waals surface area contributed by atoms with Gasteiger partial charge in [-0.2, -0.15) is 0 Å². The fourth-order valence-corrected chi connectivity index (χ4v) is 9.46. The summed E-state index contributed by atoms with van der Waals surface area (Å²) in [5, 5.41) is 23.2. The topological polar surface area (TPSA) is 95.9 Å². The normalized spacial score (nSPS) is 12.6. The predicted octanol–water partition coefficient (Wildman–Crippen LogP) is 18.5. The molecule has 0 fully saturated rings. The molecule has 0 radical (unpaired) electrons. The monoisotopic (exact) mass is 932 g/mol. The molecule has 0 rings (SSSR count). The van der Waals surface area contributed by atoms with E-state index in [1.807, 2.05) is 6.08 Å². The summed E-state index contributed by atoms with van der Waals surface area (Å²) < 4.78 is 5.48. The molecular formula is C60H117NO5. The molecule has 0 aliphatic carbocycles. The first kappa shape index (κ1) is 64.6. The maximum atomic E-state index is 12.5. The summed E-state index contributed by atoms with van der Waals surface area (Å²) in [7, 11) is 0. The molecule has 0 aromatic heterocycles. The minimum Gasteiger partial charge on any atom is -0.466 e. The van der Waals surface area contributed by atoms with Crippen LogP contribution in [0.5, 0.6) is 0 Å². The number of hydrogen-bond acceptors (Lipinski definition) is 5. The molecule has 0 heterocycles. The average Bonchev–Trinajstić information content (AvgIpc) is 3.32. The molecule has 6 heteroatoms. The Bertz CT molecular complexity index is 986. The van der Waals surface area contributed by atoms with Crippen LogP contribution in [-0.2, 0) is 14.3 Å². The predicted molar refractivity (Wildman–Crippen MR) is 287 cm³/mol. The third-order valence-electron chi connectivity index (χ3n) is 14.1. The van der Waals surface area contributed by atoms with Gasteiger partial charge >= 0.3 is 5.97 Å². The lowest BCUT2D eigenvalue weighted by Gasteiger charge is -2.20. The number of unbranched alkanes of at least 4 members (excludes halogenated alkanes) is 45. The van der Waals surface area contributed by atoms with Crippen molar-refractivity contribution in [1.82, 2.24) is 5.32 Å². The van der Waals surface area contributed by atoms with Gasteiger partial charge in [-0.15, -0.1) is 0 Å². The Morgan fingerprint density at radius 2 is 0.697 bits per heavy atom. The average molecular weight is 933 g/mol. The maximum absolute atomic E-state index is 12.5. The van der Waals surface area contributed by atoms with E-state index in [1.165, 1.54) is 250 Å². The fourth-order valence-electron chi connectivity index (χ4n) is 9.46. The Morgan fingerprint density at radius 3 is 1.03 bits per heavy atom. The zero-order chi connectivity index (χ0) is 47.9. The van der Waals surface area contributed by atoms with Gasteiger partial charge in [0.05, 0.1) is 25.4 Å². The number of carbonyl (C=O) groups is 2. The molecule has 0 aliphatic rings. The van der Waals surface area contributed by atoms with Crippen molar-refractivity contribution >= 4 is 11.9 Å². The number of nitrogens with one attached hydrogen (secondary N) is 1. The van der Waals surface area contributed by atoms with Crippen LogP contribution < -0.4 is 5.32 Å². The SMILES string of the molecule is CCCCCCCCCCCCCCCCCCCCC/C=C/C(O)C(CO)NC(=O)CCCCCCCCCCCCCOC(=O)CCCCCCCCCCCCCCCCCCC. The van der Waals surface area contributed by atoms with E-state index in [0.717, 1.165) is 57.8 Å². The van der Waals surface area contributed by atoms with Crippen molar-refractivity contribution in [1.29, 1.82) is 0 Å². The van der Waals surface area contributed by atoms with E-state index in [0.29, 0.717) is 19.4 Å². The molecule has 6 nitrogen and oxygen atoms in total. The Balaban J connectivity index is 3.47. The first-order valence-electron chi connectivity index (χ1n) is 30.0. The van der Waals surface area contributed by atoms with Crippen LogP contribution in [0.15, 0.2) is 12.2 Å². The molecule has 0 aliphatic heterocycles. The van der Waals surface area contributed by atoms with Crippen molar-refractivity contribution in [3.8, 4) is 0 Å². The van der Waals surface area contributed by atoms with Gasteiger partial charge in [-0.3, -0.25) is 9.59 Å². The van der Waals surface area contributed by atoms with Gasteiger partial charge in [0.2, 0.25) is 5.91 Å². The summed E-state index contributed by atoms with van der Waals surface area (Å²) in [6.45, 7) is 4.89. The van der Waals surface area contributed by atoms with Crippen molar-refractivity contribution in [2.24, 2.45) is 0 Å². The number of amides is 1. The highest BCUT2D eigenvalue weighted by Crippen LogP contribution is 2.18. The molecule has 2 unspecified atom stereocenters. The molecule has 0 saturated heterocycles. The molecular weight excluding hydrogens is 815 g/mol. The third-order valence-corrected chi connectivity index (χ3v) is 14.1. The van der Waals surface area contributed by atoms with E-state index in [-0.39, 0.29) is 18.5 Å². The summed E-state index contributed by atoms with van der Waals surface area (Å²) in [5.41, 5.74) is 0. The standard InChI is InChI=1S/C60H117NO5/c1-3-5-7-9-11-13-15-17-19-21-22-23-24-26-27-29-32-36-40-44-48-52-58(63)57(56-62)61-59(64)53-49-45-41-37-33-31-35-39-43-47-51-55-66-60(65)54-50-46-42-38-34-30-28-25-20-18-16-14-12-10-8-6-4-2/h48,52,57-58,62-63H,3-47,49-51,53-56H2,1-2H3,(H,61,64)/b52-48+. The number of hydrogen-bond donors (Lipinski definition) is 3. The Labute approximate surface area is 412 Å². The lowest BCUT2D eigenvalue weighted by molar-refractivity contribution is -0.143. The minimum absolute atomic E-state index is 0.0105. The van der Waals surface area contributed by atoms with Crippen LogP contribution in [0.1, 0.15) is 335 Å². The second-order valence-electron chi connectivity index (χ2n) is 20.7. The van der Waals surface area contributed by atoms with E-state index >= 15 is 0 Å². The quantitative estimate of drug-likeness (QED) is 0.0321. The van der Waals surface area contributed by atoms with Crippen LogP contribution in [0, 0.1) is 0 Å². The number of esters is 1. The van der Waals surface area contributed by atoms with Crippen LogP contribution in [0.3, 0.4) is 0 Å². The van der Waals surface area contributed by atoms with Crippen molar-refractivity contribution in [3.63, 3.8) is 0 Å². The van der Waals surface area contributed by atoms with Crippen molar-refractivity contribution in [2.45, 2.75) is 347 Å². The van der Waals surface area contributed by atoms with Gasteiger partial charge in [0, 0.05) is 12.8 Å². The summed E-state index contributed by atoms with van der Waals surface area (Å²) in [4.78, 5) is 24.6. The fraction of sp³-hybridized carbons (Fsp3) is 0.933. The molecule has 66 heavy (non-hydrogen) atoms. The molecule has 0 aromatic carbocycles. The molecule has 0 bridgehead atoms. The number of carbonyl (C=O) groups excluding carboxylic acids is 2. The number of allylic oxidation sites excluding steroid dienone is 1. The molecule has 1 amide bonds. The van der Waals surface area contributed by atoms with Gasteiger partial charge < -0.3 is 20.3 Å². The van der Waals surface area contributed by atoms with E-state index in [4.69, 9.17) is 4.74 Å². The summed E-state index contributed by atoms with van der Waals surface area (Å²) in [6, 6.07) is -0.641.